The second-order valence-corrected chi connectivity index (χ2v) is 7.40. The van der Waals surface area contributed by atoms with Gasteiger partial charge in [0.15, 0.2) is 0 Å². The predicted octanol–water partition coefficient (Wildman–Crippen LogP) is 3.97. The van der Waals surface area contributed by atoms with Crippen LogP contribution in [0.25, 0.3) is 11.0 Å². The summed E-state index contributed by atoms with van der Waals surface area (Å²) in [6, 6.07) is 5.56. The molecule has 8 nitrogen and oxygen atoms in total. The zero-order chi connectivity index (χ0) is 20.3. The van der Waals surface area contributed by atoms with Crippen molar-refractivity contribution in [2.45, 2.75) is 26.4 Å². The van der Waals surface area contributed by atoms with Gasteiger partial charge in [0, 0.05) is 36.8 Å². The van der Waals surface area contributed by atoms with Crippen LogP contribution >= 0.6 is 11.6 Å². The summed E-state index contributed by atoms with van der Waals surface area (Å²) in [5, 5.41) is 28.6. The zero-order valence-electron chi connectivity index (χ0n) is 16.0. The van der Waals surface area contributed by atoms with Crippen molar-refractivity contribution in [3.8, 4) is 0 Å². The van der Waals surface area contributed by atoms with E-state index in [2.05, 4.69) is 30.9 Å². The fourth-order valence-electron chi connectivity index (χ4n) is 2.76. The van der Waals surface area contributed by atoms with Crippen molar-refractivity contribution in [1.82, 2.24) is 15.0 Å². The molecular weight excluding hydrogens is 378 g/mol. The number of aliphatic hydroxyl groups is 1. The highest BCUT2D eigenvalue weighted by Crippen LogP contribution is 2.31. The van der Waals surface area contributed by atoms with Crippen molar-refractivity contribution in [2.75, 3.05) is 29.0 Å². The van der Waals surface area contributed by atoms with Gasteiger partial charge in [0.1, 0.15) is 11.5 Å². The fourth-order valence-corrected chi connectivity index (χ4v) is 3.00. The van der Waals surface area contributed by atoms with Gasteiger partial charge in [0.05, 0.1) is 21.7 Å². The molecular formula is C19H24ClN7O. The molecule has 0 saturated carbocycles. The van der Waals surface area contributed by atoms with Gasteiger partial charge in [0.25, 0.3) is 0 Å². The Bertz CT molecular complexity index is 994. The van der Waals surface area contributed by atoms with Crippen LogP contribution in [0.1, 0.15) is 26.3 Å². The summed E-state index contributed by atoms with van der Waals surface area (Å²) in [6.45, 7) is 6.46. The van der Waals surface area contributed by atoms with Crippen molar-refractivity contribution in [3.05, 3.63) is 35.0 Å². The maximum Gasteiger partial charge on any atom is 0.231 e. The molecule has 2 aromatic heterocycles. The van der Waals surface area contributed by atoms with Gasteiger partial charge in [-0.15, -0.1) is 0 Å². The molecule has 0 atom stereocenters. The normalized spacial score (nSPS) is 11.5. The van der Waals surface area contributed by atoms with Gasteiger partial charge in [-0.1, -0.05) is 17.7 Å². The van der Waals surface area contributed by atoms with Gasteiger partial charge in [-0.05, 0) is 32.9 Å². The molecule has 1 aromatic carbocycles. The first-order chi connectivity index (χ1) is 13.3. The summed E-state index contributed by atoms with van der Waals surface area (Å²) in [5.41, 5.74) is 1.80. The number of fused-ring (bicyclic) bond motifs is 1. The van der Waals surface area contributed by atoms with Crippen LogP contribution in [-0.4, -0.2) is 45.0 Å². The number of aromatic nitrogens is 3. The number of anilines is 4. The van der Waals surface area contributed by atoms with Gasteiger partial charge in [-0.3, -0.25) is 0 Å². The van der Waals surface area contributed by atoms with Crippen LogP contribution in [0.3, 0.4) is 0 Å². The number of nitrogens with zero attached hydrogens (tertiary/aromatic N) is 2. The van der Waals surface area contributed by atoms with E-state index in [1.807, 2.05) is 25.1 Å². The standard InChI is InChI=1S/C19H24ClN7O/c1-4-22-16-15-12(20)9-23-17(15)27-18(26-16)25-14-7-5-6-13(11(14)8-21)24-10-19(2,3)28/h5-9,21,24,28H,4,10H2,1-3H3,(H3,22,23,25,26,27). The minimum atomic E-state index is -0.871. The van der Waals surface area contributed by atoms with E-state index in [9.17, 15) is 5.11 Å². The lowest BCUT2D eigenvalue weighted by atomic mass is 10.1. The van der Waals surface area contributed by atoms with E-state index in [1.54, 1.807) is 20.0 Å². The molecule has 0 saturated heterocycles. The molecule has 0 aliphatic heterocycles. The van der Waals surface area contributed by atoms with E-state index in [1.165, 1.54) is 6.21 Å². The fraction of sp³-hybridized carbons (Fsp3) is 0.316. The van der Waals surface area contributed by atoms with Gasteiger partial charge < -0.3 is 31.5 Å². The molecule has 28 heavy (non-hydrogen) atoms. The highest BCUT2D eigenvalue weighted by Gasteiger charge is 2.16. The lowest BCUT2D eigenvalue weighted by Gasteiger charge is -2.20. The monoisotopic (exact) mass is 401 g/mol. The Balaban J connectivity index is 1.96. The van der Waals surface area contributed by atoms with Crippen molar-refractivity contribution in [1.29, 1.82) is 5.41 Å². The molecule has 0 radical (unpaired) electrons. The minimum Gasteiger partial charge on any atom is -0.389 e. The molecule has 148 valence electrons. The van der Waals surface area contributed by atoms with Crippen molar-refractivity contribution < 1.29 is 5.11 Å². The summed E-state index contributed by atoms with van der Waals surface area (Å²) in [7, 11) is 0. The third-order valence-electron chi connectivity index (χ3n) is 4.04. The topological polar surface area (TPSA) is 122 Å². The Labute approximate surface area is 168 Å². The lowest BCUT2D eigenvalue weighted by molar-refractivity contribution is 0.0945. The highest BCUT2D eigenvalue weighted by molar-refractivity contribution is 6.36. The third kappa shape index (κ3) is 4.35. The average Bonchev–Trinajstić information content (AvgIpc) is 3.01. The van der Waals surface area contributed by atoms with Crippen LogP contribution in [-0.2, 0) is 0 Å². The van der Waals surface area contributed by atoms with Crippen LogP contribution in [0.15, 0.2) is 24.4 Å². The smallest absolute Gasteiger partial charge is 0.231 e. The molecule has 3 rings (SSSR count). The molecule has 2 heterocycles. The molecule has 0 aliphatic rings. The summed E-state index contributed by atoms with van der Waals surface area (Å²) in [5.74, 6) is 1.01. The molecule has 0 aliphatic carbocycles. The van der Waals surface area contributed by atoms with Crippen LogP contribution < -0.4 is 16.0 Å². The summed E-state index contributed by atoms with van der Waals surface area (Å²) in [4.78, 5) is 12.1. The van der Waals surface area contributed by atoms with Crippen LogP contribution in [0.2, 0.25) is 5.02 Å². The number of nitrogens with one attached hydrogen (secondary N) is 5. The summed E-state index contributed by atoms with van der Waals surface area (Å²) < 4.78 is 0. The van der Waals surface area contributed by atoms with E-state index in [4.69, 9.17) is 17.0 Å². The molecule has 0 amide bonds. The van der Waals surface area contributed by atoms with E-state index >= 15 is 0 Å². The minimum absolute atomic E-state index is 0.352. The first-order valence-corrected chi connectivity index (χ1v) is 9.35. The Hall–Kier alpha value is -2.84. The highest BCUT2D eigenvalue weighted by atomic mass is 35.5. The second kappa shape index (κ2) is 8.04. The van der Waals surface area contributed by atoms with Crippen molar-refractivity contribution >= 4 is 52.0 Å². The number of halogens is 1. The number of benzene rings is 1. The third-order valence-corrected chi connectivity index (χ3v) is 4.33. The molecule has 3 aromatic rings. The van der Waals surface area contributed by atoms with Crippen LogP contribution in [0.4, 0.5) is 23.1 Å². The molecule has 6 N–H and O–H groups in total. The number of H-pyrrole nitrogens is 1. The molecule has 0 unspecified atom stereocenters. The van der Waals surface area contributed by atoms with Crippen molar-refractivity contribution in [3.63, 3.8) is 0 Å². The number of rotatable bonds is 8. The Morgan fingerprint density at radius 3 is 2.68 bits per heavy atom. The molecule has 0 spiro atoms. The number of hydrogen-bond donors (Lipinski definition) is 6. The quantitative estimate of drug-likeness (QED) is 0.317. The van der Waals surface area contributed by atoms with Gasteiger partial charge in [-0.25, -0.2) is 0 Å². The van der Waals surface area contributed by atoms with Gasteiger partial charge in [-0.2, -0.15) is 9.97 Å². The van der Waals surface area contributed by atoms with Crippen LogP contribution in [0, 0.1) is 5.41 Å². The van der Waals surface area contributed by atoms with Gasteiger partial charge >= 0.3 is 0 Å². The van der Waals surface area contributed by atoms with E-state index in [-0.39, 0.29) is 0 Å². The Morgan fingerprint density at radius 1 is 1.25 bits per heavy atom. The van der Waals surface area contributed by atoms with E-state index in [0.29, 0.717) is 46.8 Å². The Kier molecular flexibility index (Phi) is 5.71. The van der Waals surface area contributed by atoms with Crippen LogP contribution in [0.5, 0.6) is 0 Å². The molecule has 9 heteroatoms. The first kappa shape index (κ1) is 19.9. The van der Waals surface area contributed by atoms with Crippen molar-refractivity contribution in [2.24, 2.45) is 0 Å². The van der Waals surface area contributed by atoms with E-state index in [0.717, 1.165) is 11.1 Å². The second-order valence-electron chi connectivity index (χ2n) is 6.99. The average molecular weight is 402 g/mol. The first-order valence-electron chi connectivity index (χ1n) is 8.97. The maximum absolute atomic E-state index is 9.95. The SMILES string of the molecule is CCNc1nc(Nc2cccc(NCC(C)(C)O)c2C=N)nc2[nH]cc(Cl)c12. The number of hydrogen-bond acceptors (Lipinski definition) is 7. The summed E-state index contributed by atoms with van der Waals surface area (Å²) in [6.07, 6.45) is 2.93. The van der Waals surface area contributed by atoms with E-state index < -0.39 is 5.60 Å². The molecule has 0 fully saturated rings. The molecule has 0 bridgehead atoms. The lowest BCUT2D eigenvalue weighted by Crippen LogP contribution is -2.29. The Morgan fingerprint density at radius 2 is 2.00 bits per heavy atom. The predicted molar refractivity (Wildman–Crippen MR) is 115 cm³/mol. The zero-order valence-corrected chi connectivity index (χ0v) is 16.8. The van der Waals surface area contributed by atoms with Gasteiger partial charge in [0.2, 0.25) is 5.95 Å². The number of aromatic amines is 1. The largest absolute Gasteiger partial charge is 0.389 e. The maximum atomic E-state index is 9.95. The summed E-state index contributed by atoms with van der Waals surface area (Å²) >= 11 is 6.24.